The van der Waals surface area contributed by atoms with Gasteiger partial charge in [-0.15, -0.1) is 5.10 Å². The zero-order chi connectivity index (χ0) is 15.2. The van der Waals surface area contributed by atoms with Crippen LogP contribution in [0.3, 0.4) is 0 Å². The fraction of sp³-hybridized carbons (Fsp3) is 0.692. The molecule has 0 unspecified atom stereocenters. The number of hydrogen-bond donors (Lipinski definition) is 0. The van der Waals surface area contributed by atoms with Gasteiger partial charge in [0.2, 0.25) is 5.88 Å². The largest absolute Gasteiger partial charge is 0.480 e. The molecule has 0 saturated heterocycles. The van der Waals surface area contributed by atoms with Gasteiger partial charge < -0.3 is 14.2 Å². The summed E-state index contributed by atoms with van der Waals surface area (Å²) < 4.78 is 17.1. The Hall–Kier alpha value is -1.34. The van der Waals surface area contributed by atoms with Gasteiger partial charge in [-0.05, 0) is 13.0 Å². The van der Waals surface area contributed by atoms with E-state index in [9.17, 15) is 4.79 Å². The van der Waals surface area contributed by atoms with E-state index in [0.29, 0.717) is 24.8 Å². The molecule has 1 aromatic heterocycles. The van der Waals surface area contributed by atoms with E-state index in [4.69, 9.17) is 14.2 Å². The summed E-state index contributed by atoms with van der Waals surface area (Å²) in [4.78, 5) is 11.8. The molecule has 0 radical (unpaired) electrons. The van der Waals surface area contributed by atoms with E-state index in [1.807, 2.05) is 0 Å². The van der Waals surface area contributed by atoms with Crippen LogP contribution in [0, 0.1) is 0 Å². The van der Waals surface area contributed by atoms with Gasteiger partial charge in [0.1, 0.15) is 6.73 Å². The Balaban J connectivity index is 2.63. The summed E-state index contributed by atoms with van der Waals surface area (Å²) in [5.41, 5.74) is 0.344. The Kier molecular flexibility index (Phi) is 6.22. The van der Waals surface area contributed by atoms with Gasteiger partial charge in [0.25, 0.3) is 0 Å². The number of methoxy groups -OCH3 is 1. The molecule has 1 rings (SSSR count). The predicted molar refractivity (Wildman–Crippen MR) is 78.8 cm³/mol. The maximum Gasteiger partial charge on any atom is 0.356 e. The third kappa shape index (κ3) is 5.34. The molecule has 7 heteroatoms. The maximum atomic E-state index is 11.8. The Morgan fingerprint density at radius 3 is 2.65 bits per heavy atom. The Morgan fingerprint density at radius 2 is 2.10 bits per heavy atom. The van der Waals surface area contributed by atoms with Crippen LogP contribution in [0.1, 0.15) is 17.4 Å². The molecular formula is C13H24N2O4Si. The second-order valence-corrected chi connectivity index (χ2v) is 11.3. The average molecular weight is 300 g/mol. The van der Waals surface area contributed by atoms with Crippen molar-refractivity contribution in [3.05, 3.63) is 11.8 Å². The monoisotopic (exact) mass is 300 g/mol. The van der Waals surface area contributed by atoms with Crippen molar-refractivity contribution in [2.45, 2.75) is 39.3 Å². The molecule has 114 valence electrons. The molecule has 20 heavy (non-hydrogen) atoms. The summed E-state index contributed by atoms with van der Waals surface area (Å²) in [7, 11) is 0.391. The lowest BCUT2D eigenvalue weighted by atomic mass is 10.4. The van der Waals surface area contributed by atoms with Gasteiger partial charge in [-0.25, -0.2) is 9.48 Å². The van der Waals surface area contributed by atoms with Crippen molar-refractivity contribution < 1.29 is 19.0 Å². The first-order valence-corrected chi connectivity index (χ1v) is 10.4. The van der Waals surface area contributed by atoms with Crippen LogP contribution in [0.25, 0.3) is 0 Å². The lowest BCUT2D eigenvalue weighted by Crippen LogP contribution is -2.22. The molecule has 0 aliphatic rings. The van der Waals surface area contributed by atoms with E-state index in [1.54, 1.807) is 13.0 Å². The summed E-state index contributed by atoms with van der Waals surface area (Å²) >= 11 is 0. The summed E-state index contributed by atoms with van der Waals surface area (Å²) in [5, 5.41) is 4.15. The smallest absolute Gasteiger partial charge is 0.356 e. The summed E-state index contributed by atoms with van der Waals surface area (Å²) in [6.07, 6.45) is 0. The first-order valence-electron chi connectivity index (χ1n) is 6.74. The van der Waals surface area contributed by atoms with Crippen LogP contribution in [0.2, 0.25) is 25.7 Å². The van der Waals surface area contributed by atoms with Crippen LogP contribution < -0.4 is 4.74 Å². The van der Waals surface area contributed by atoms with Crippen LogP contribution in [-0.2, 0) is 16.2 Å². The highest BCUT2D eigenvalue weighted by atomic mass is 28.3. The number of hydrogen-bond acceptors (Lipinski definition) is 5. The summed E-state index contributed by atoms with van der Waals surface area (Å²) in [6, 6.07) is 2.63. The van der Waals surface area contributed by atoms with Crippen molar-refractivity contribution in [1.29, 1.82) is 0 Å². The highest BCUT2D eigenvalue weighted by Gasteiger charge is 2.17. The number of aromatic nitrogens is 2. The van der Waals surface area contributed by atoms with E-state index in [-0.39, 0.29) is 6.73 Å². The van der Waals surface area contributed by atoms with Gasteiger partial charge in [0.05, 0.1) is 13.7 Å². The van der Waals surface area contributed by atoms with Crippen molar-refractivity contribution in [2.24, 2.45) is 0 Å². The SMILES string of the molecule is CCOC(=O)c1cc(OC)nn1COCC[Si](C)(C)C. The molecule has 0 atom stereocenters. The first-order chi connectivity index (χ1) is 9.37. The van der Waals surface area contributed by atoms with Gasteiger partial charge in [-0.2, -0.15) is 0 Å². The van der Waals surface area contributed by atoms with Crippen molar-refractivity contribution in [3.8, 4) is 5.88 Å². The van der Waals surface area contributed by atoms with E-state index >= 15 is 0 Å². The number of carbonyl (C=O) groups is 1. The summed E-state index contributed by atoms with van der Waals surface area (Å²) in [5.74, 6) is -0.0426. The van der Waals surface area contributed by atoms with Crippen molar-refractivity contribution in [3.63, 3.8) is 0 Å². The van der Waals surface area contributed by atoms with Gasteiger partial charge in [0, 0.05) is 20.7 Å². The van der Waals surface area contributed by atoms with Crippen LogP contribution >= 0.6 is 0 Å². The molecule has 0 aromatic carbocycles. The number of nitrogens with zero attached hydrogens (tertiary/aromatic N) is 2. The number of esters is 1. The number of rotatable bonds is 8. The van der Waals surface area contributed by atoms with E-state index in [0.717, 1.165) is 6.04 Å². The minimum atomic E-state index is -1.12. The molecule has 0 spiro atoms. The standard InChI is InChI=1S/C13H24N2O4Si/c1-6-19-13(16)11-9-12(17-2)14-15(11)10-18-7-8-20(3,4)5/h9H,6-8,10H2,1-5H3. The Labute approximate surface area is 121 Å². The third-order valence-electron chi connectivity index (χ3n) is 2.66. The molecule has 0 fully saturated rings. The van der Waals surface area contributed by atoms with Crippen LogP contribution in [0.4, 0.5) is 0 Å². The molecule has 0 amide bonds. The third-order valence-corrected chi connectivity index (χ3v) is 4.37. The maximum absolute atomic E-state index is 11.8. The molecular weight excluding hydrogens is 276 g/mol. The minimum Gasteiger partial charge on any atom is -0.480 e. The van der Waals surface area contributed by atoms with Crippen molar-refractivity contribution >= 4 is 14.0 Å². The van der Waals surface area contributed by atoms with E-state index < -0.39 is 14.0 Å². The van der Waals surface area contributed by atoms with Crippen LogP contribution in [0.5, 0.6) is 5.88 Å². The van der Waals surface area contributed by atoms with Crippen LogP contribution in [-0.4, -0.2) is 44.1 Å². The Bertz CT molecular complexity index is 440. The number of ether oxygens (including phenoxy) is 3. The number of carbonyl (C=O) groups excluding carboxylic acids is 1. The van der Waals surface area contributed by atoms with Crippen molar-refractivity contribution in [1.82, 2.24) is 9.78 Å². The Morgan fingerprint density at radius 1 is 1.40 bits per heavy atom. The van der Waals surface area contributed by atoms with Gasteiger partial charge in [-0.3, -0.25) is 0 Å². The zero-order valence-electron chi connectivity index (χ0n) is 12.9. The normalized spacial score (nSPS) is 11.4. The van der Waals surface area contributed by atoms with Crippen LogP contribution in [0.15, 0.2) is 6.07 Å². The minimum absolute atomic E-state index is 0.224. The first kappa shape index (κ1) is 16.7. The molecule has 0 bridgehead atoms. The van der Waals surface area contributed by atoms with Crippen molar-refractivity contribution in [2.75, 3.05) is 20.3 Å². The molecule has 1 aromatic rings. The lowest BCUT2D eigenvalue weighted by molar-refractivity contribution is 0.0454. The fourth-order valence-electron chi connectivity index (χ4n) is 1.49. The summed E-state index contributed by atoms with van der Waals surface area (Å²) in [6.45, 7) is 9.84. The highest BCUT2D eigenvalue weighted by Crippen LogP contribution is 2.14. The second-order valence-electron chi connectivity index (χ2n) is 5.64. The van der Waals surface area contributed by atoms with E-state index in [1.165, 1.54) is 11.8 Å². The van der Waals surface area contributed by atoms with Gasteiger partial charge >= 0.3 is 5.97 Å². The molecule has 0 N–H and O–H groups in total. The van der Waals surface area contributed by atoms with Gasteiger partial charge in [-0.1, -0.05) is 19.6 Å². The van der Waals surface area contributed by atoms with Gasteiger partial charge in [0.15, 0.2) is 5.69 Å². The predicted octanol–water partition coefficient (Wildman–Crippen LogP) is 2.38. The molecule has 0 saturated carbocycles. The molecule has 6 nitrogen and oxygen atoms in total. The zero-order valence-corrected chi connectivity index (χ0v) is 13.9. The lowest BCUT2D eigenvalue weighted by Gasteiger charge is -2.15. The average Bonchev–Trinajstić information content (AvgIpc) is 2.77. The molecule has 0 aliphatic heterocycles. The fourth-order valence-corrected chi connectivity index (χ4v) is 2.25. The second kappa shape index (κ2) is 7.44. The molecule has 0 aliphatic carbocycles. The molecule has 1 heterocycles. The van der Waals surface area contributed by atoms with E-state index in [2.05, 4.69) is 24.7 Å². The quantitative estimate of drug-likeness (QED) is 0.419. The highest BCUT2D eigenvalue weighted by molar-refractivity contribution is 6.76. The topological polar surface area (TPSA) is 62.6 Å².